The first-order chi connectivity index (χ1) is 7.75. The molecule has 2 rings (SSSR count). The Bertz CT molecular complexity index is 437. The summed E-state index contributed by atoms with van der Waals surface area (Å²) < 4.78 is 0. The van der Waals surface area contributed by atoms with Crippen LogP contribution in [0, 0.1) is 0 Å². The van der Waals surface area contributed by atoms with Gasteiger partial charge in [-0.15, -0.1) is 0 Å². The molecular formula is C13H16N2S. The average Bonchev–Trinajstić information content (AvgIpc) is 2.74. The highest BCUT2D eigenvalue weighted by molar-refractivity contribution is 7.07. The summed E-state index contributed by atoms with van der Waals surface area (Å²) >= 11 is 1.74. The fourth-order valence-electron chi connectivity index (χ4n) is 1.71. The molecule has 1 aromatic carbocycles. The molecule has 0 fully saturated rings. The van der Waals surface area contributed by atoms with E-state index >= 15 is 0 Å². The number of para-hydroxylation sites is 2. The molecule has 3 heteroatoms. The van der Waals surface area contributed by atoms with Crippen molar-refractivity contribution in [2.45, 2.75) is 19.4 Å². The second-order valence-electron chi connectivity index (χ2n) is 3.97. The van der Waals surface area contributed by atoms with Gasteiger partial charge in [0.15, 0.2) is 0 Å². The third kappa shape index (κ3) is 2.76. The van der Waals surface area contributed by atoms with Crippen molar-refractivity contribution in [1.82, 2.24) is 0 Å². The summed E-state index contributed by atoms with van der Waals surface area (Å²) in [4.78, 5) is 0. The number of rotatable bonds is 4. The summed E-state index contributed by atoms with van der Waals surface area (Å²) in [5, 5.41) is 7.73. The third-order valence-corrected chi connectivity index (χ3v) is 3.22. The zero-order chi connectivity index (χ0) is 11.4. The van der Waals surface area contributed by atoms with Crippen molar-refractivity contribution in [3.8, 4) is 0 Å². The SMILES string of the molecule is CC(Cc1ccsc1)Nc1ccccc1N. The number of anilines is 2. The molecule has 0 bridgehead atoms. The van der Waals surface area contributed by atoms with Crippen LogP contribution in [0.5, 0.6) is 0 Å². The van der Waals surface area contributed by atoms with Crippen LogP contribution in [0.3, 0.4) is 0 Å². The van der Waals surface area contributed by atoms with Gasteiger partial charge >= 0.3 is 0 Å². The lowest BCUT2D eigenvalue weighted by Gasteiger charge is -2.16. The summed E-state index contributed by atoms with van der Waals surface area (Å²) in [5.41, 5.74) is 9.08. The Hall–Kier alpha value is -1.48. The van der Waals surface area contributed by atoms with Gasteiger partial charge in [0.05, 0.1) is 11.4 Å². The molecule has 0 aliphatic carbocycles. The molecule has 2 aromatic rings. The predicted octanol–water partition coefficient (Wildman–Crippen LogP) is 3.37. The Kier molecular flexibility index (Phi) is 3.47. The van der Waals surface area contributed by atoms with E-state index in [9.17, 15) is 0 Å². The van der Waals surface area contributed by atoms with Gasteiger partial charge in [-0.25, -0.2) is 0 Å². The van der Waals surface area contributed by atoms with E-state index in [1.165, 1.54) is 5.56 Å². The summed E-state index contributed by atoms with van der Waals surface area (Å²) in [6, 6.07) is 10.4. The van der Waals surface area contributed by atoms with Crippen LogP contribution in [0.4, 0.5) is 11.4 Å². The standard InChI is InChI=1S/C13H16N2S/c1-10(8-11-6-7-16-9-11)15-13-5-3-2-4-12(13)14/h2-7,9-10,15H,8,14H2,1H3. The van der Waals surface area contributed by atoms with Crippen molar-refractivity contribution in [1.29, 1.82) is 0 Å². The molecule has 0 amide bonds. The number of nitrogens with two attached hydrogens (primary N) is 1. The lowest BCUT2D eigenvalue weighted by molar-refractivity contribution is 0.793. The molecule has 84 valence electrons. The van der Waals surface area contributed by atoms with E-state index in [1.54, 1.807) is 11.3 Å². The molecular weight excluding hydrogens is 216 g/mol. The van der Waals surface area contributed by atoms with E-state index in [1.807, 2.05) is 24.3 Å². The second kappa shape index (κ2) is 5.03. The lowest BCUT2D eigenvalue weighted by atomic mass is 10.1. The largest absolute Gasteiger partial charge is 0.397 e. The first kappa shape index (κ1) is 11.0. The number of nitrogens with one attached hydrogen (secondary N) is 1. The average molecular weight is 232 g/mol. The lowest BCUT2D eigenvalue weighted by Crippen LogP contribution is -2.18. The molecule has 1 atom stereocenters. The maximum atomic E-state index is 5.88. The van der Waals surface area contributed by atoms with Gasteiger partial charge in [-0.2, -0.15) is 11.3 Å². The van der Waals surface area contributed by atoms with E-state index < -0.39 is 0 Å². The molecule has 1 heterocycles. The second-order valence-corrected chi connectivity index (χ2v) is 4.75. The number of thiophene rings is 1. The summed E-state index contributed by atoms with van der Waals surface area (Å²) in [7, 11) is 0. The summed E-state index contributed by atoms with van der Waals surface area (Å²) in [6.07, 6.45) is 1.03. The van der Waals surface area contributed by atoms with Gasteiger partial charge in [0.2, 0.25) is 0 Å². The molecule has 2 nitrogen and oxygen atoms in total. The van der Waals surface area contributed by atoms with Gasteiger partial charge in [0.25, 0.3) is 0 Å². The van der Waals surface area contributed by atoms with Crippen LogP contribution in [0.1, 0.15) is 12.5 Å². The van der Waals surface area contributed by atoms with E-state index in [4.69, 9.17) is 5.73 Å². The van der Waals surface area contributed by atoms with Gasteiger partial charge < -0.3 is 11.1 Å². The third-order valence-electron chi connectivity index (χ3n) is 2.48. The molecule has 0 aliphatic rings. The molecule has 0 saturated heterocycles. The van der Waals surface area contributed by atoms with Crippen molar-refractivity contribution in [3.63, 3.8) is 0 Å². The number of nitrogen functional groups attached to an aromatic ring is 1. The molecule has 0 radical (unpaired) electrons. The van der Waals surface area contributed by atoms with Crippen LogP contribution in [0.25, 0.3) is 0 Å². The van der Waals surface area contributed by atoms with E-state index in [2.05, 4.69) is 29.1 Å². The van der Waals surface area contributed by atoms with Gasteiger partial charge in [-0.05, 0) is 47.9 Å². The van der Waals surface area contributed by atoms with Gasteiger partial charge in [0, 0.05) is 6.04 Å². The van der Waals surface area contributed by atoms with Crippen LogP contribution in [0.15, 0.2) is 41.1 Å². The highest BCUT2D eigenvalue weighted by atomic mass is 32.1. The Morgan fingerprint density at radius 1 is 1.31 bits per heavy atom. The number of hydrogen-bond donors (Lipinski definition) is 2. The quantitative estimate of drug-likeness (QED) is 0.793. The number of hydrogen-bond acceptors (Lipinski definition) is 3. The fourth-order valence-corrected chi connectivity index (χ4v) is 2.39. The minimum Gasteiger partial charge on any atom is -0.397 e. The van der Waals surface area contributed by atoms with Gasteiger partial charge in [-0.1, -0.05) is 12.1 Å². The monoisotopic (exact) mass is 232 g/mol. The smallest absolute Gasteiger partial charge is 0.0576 e. The molecule has 1 unspecified atom stereocenters. The highest BCUT2D eigenvalue weighted by Gasteiger charge is 2.05. The van der Waals surface area contributed by atoms with Crippen LogP contribution >= 0.6 is 11.3 Å². The Morgan fingerprint density at radius 2 is 2.12 bits per heavy atom. The zero-order valence-corrected chi connectivity index (χ0v) is 10.1. The molecule has 0 aliphatic heterocycles. The number of benzene rings is 1. The topological polar surface area (TPSA) is 38.0 Å². The van der Waals surface area contributed by atoms with Crippen molar-refractivity contribution in [2.75, 3.05) is 11.1 Å². The zero-order valence-electron chi connectivity index (χ0n) is 9.31. The Morgan fingerprint density at radius 3 is 2.81 bits per heavy atom. The molecule has 16 heavy (non-hydrogen) atoms. The first-order valence-electron chi connectivity index (χ1n) is 5.38. The molecule has 3 N–H and O–H groups in total. The maximum Gasteiger partial charge on any atom is 0.0576 e. The van der Waals surface area contributed by atoms with Gasteiger partial charge in [-0.3, -0.25) is 0 Å². The Labute approximate surface area is 100 Å². The predicted molar refractivity (Wildman–Crippen MR) is 72.0 cm³/mol. The van der Waals surface area contributed by atoms with Crippen molar-refractivity contribution >= 4 is 22.7 Å². The summed E-state index contributed by atoms with van der Waals surface area (Å²) in [6.45, 7) is 2.17. The van der Waals surface area contributed by atoms with Crippen molar-refractivity contribution < 1.29 is 0 Å². The fraction of sp³-hybridized carbons (Fsp3) is 0.231. The van der Waals surface area contributed by atoms with E-state index in [0.717, 1.165) is 17.8 Å². The van der Waals surface area contributed by atoms with Crippen LogP contribution in [-0.4, -0.2) is 6.04 Å². The Balaban J connectivity index is 1.97. The first-order valence-corrected chi connectivity index (χ1v) is 6.32. The maximum absolute atomic E-state index is 5.88. The molecule has 0 spiro atoms. The molecule has 1 aromatic heterocycles. The van der Waals surface area contributed by atoms with Crippen molar-refractivity contribution in [2.24, 2.45) is 0 Å². The normalized spacial score (nSPS) is 12.3. The van der Waals surface area contributed by atoms with Gasteiger partial charge in [0.1, 0.15) is 0 Å². The van der Waals surface area contributed by atoms with Crippen LogP contribution < -0.4 is 11.1 Å². The van der Waals surface area contributed by atoms with E-state index in [-0.39, 0.29) is 0 Å². The van der Waals surface area contributed by atoms with E-state index in [0.29, 0.717) is 6.04 Å². The highest BCUT2D eigenvalue weighted by Crippen LogP contribution is 2.19. The minimum absolute atomic E-state index is 0.388. The molecule has 0 saturated carbocycles. The van der Waals surface area contributed by atoms with Crippen LogP contribution in [-0.2, 0) is 6.42 Å². The van der Waals surface area contributed by atoms with Crippen molar-refractivity contribution in [3.05, 3.63) is 46.7 Å². The minimum atomic E-state index is 0.388. The summed E-state index contributed by atoms with van der Waals surface area (Å²) in [5.74, 6) is 0. The van der Waals surface area contributed by atoms with Crippen LogP contribution in [0.2, 0.25) is 0 Å².